The number of aliphatic carboxylic acids is 1. The predicted molar refractivity (Wildman–Crippen MR) is 32.8 cm³/mol. The van der Waals surface area contributed by atoms with Gasteiger partial charge in [0.15, 0.2) is 0 Å². The van der Waals surface area contributed by atoms with E-state index in [0.717, 1.165) is 15.2 Å². The molecular formula is C5H11AlO2. The molecule has 0 aromatic heterocycles. The van der Waals surface area contributed by atoms with Crippen LogP contribution in [0.3, 0.4) is 0 Å². The van der Waals surface area contributed by atoms with Gasteiger partial charge in [-0.05, 0) is 6.42 Å². The summed E-state index contributed by atoms with van der Waals surface area (Å²) in [5.41, 5.74) is 0. The van der Waals surface area contributed by atoms with Crippen LogP contribution < -0.4 is 5.11 Å². The zero-order chi connectivity index (χ0) is 6.99. The Balaban J connectivity index is 0. The van der Waals surface area contributed by atoms with E-state index in [1.807, 2.05) is 0 Å². The van der Waals surface area contributed by atoms with Crippen LogP contribution >= 0.6 is 0 Å². The first-order valence-electron chi connectivity index (χ1n) is 2.62. The van der Waals surface area contributed by atoms with E-state index in [1.54, 1.807) is 0 Å². The summed E-state index contributed by atoms with van der Waals surface area (Å²) >= 11 is 0.750. The third-order valence-electron chi connectivity index (χ3n) is 0.289. The van der Waals surface area contributed by atoms with E-state index in [9.17, 15) is 9.90 Å². The van der Waals surface area contributed by atoms with Crippen LogP contribution in [0.1, 0.15) is 13.3 Å². The van der Waals surface area contributed by atoms with Crippen LogP contribution in [-0.4, -0.2) is 21.2 Å². The third-order valence-corrected chi connectivity index (χ3v) is 0.289. The summed E-state index contributed by atoms with van der Waals surface area (Å²) in [7, 11) is 0. The van der Waals surface area contributed by atoms with Crippen LogP contribution in [0.25, 0.3) is 0 Å². The molecule has 0 fully saturated rings. The molecule has 0 N–H and O–H groups in total. The molecule has 0 atom stereocenters. The molecule has 8 heavy (non-hydrogen) atoms. The summed E-state index contributed by atoms with van der Waals surface area (Å²) in [6.45, 7) is 1.54. The molecule has 0 amide bonds. The van der Waals surface area contributed by atoms with Crippen LogP contribution in [0, 0.1) is 0 Å². The summed E-state index contributed by atoms with van der Waals surface area (Å²) < 4.78 is 0. The standard InChI is InChI=1S/C3H6O2.2CH3.Al/c1-2-3(4)5;;;/h2H2,1H3,(H,4,5);2*1H3;/q;;;+1/p-1. The molecule has 0 aromatic rings. The van der Waals surface area contributed by atoms with Crippen LogP contribution in [0.5, 0.6) is 0 Å². The zero-order valence-corrected chi connectivity index (χ0v) is 6.76. The Morgan fingerprint density at radius 2 is 1.75 bits per heavy atom. The molecule has 0 unspecified atom stereocenters. The van der Waals surface area contributed by atoms with Gasteiger partial charge in [-0.15, -0.1) is 0 Å². The van der Waals surface area contributed by atoms with Crippen molar-refractivity contribution in [1.29, 1.82) is 0 Å². The van der Waals surface area contributed by atoms with E-state index in [-0.39, 0.29) is 6.42 Å². The molecular weight excluding hydrogens is 119 g/mol. The third kappa shape index (κ3) is 37.5. The van der Waals surface area contributed by atoms with Crippen molar-refractivity contribution in [3.63, 3.8) is 0 Å². The molecule has 0 aromatic carbocycles. The van der Waals surface area contributed by atoms with Crippen molar-refractivity contribution in [3.8, 4) is 0 Å². The van der Waals surface area contributed by atoms with Gasteiger partial charge in [-0.1, -0.05) is 6.92 Å². The number of carbonyl (C=O) groups excluding carboxylic acids is 1. The average Bonchev–Trinajstić information content (AvgIpc) is 1.69. The van der Waals surface area contributed by atoms with E-state index in [0.29, 0.717) is 0 Å². The van der Waals surface area contributed by atoms with Gasteiger partial charge in [-0.2, -0.15) is 0 Å². The van der Waals surface area contributed by atoms with Crippen LogP contribution in [0.4, 0.5) is 0 Å². The fraction of sp³-hybridized carbons (Fsp3) is 0.800. The molecule has 0 bridgehead atoms. The SMILES string of the molecule is CCC(=O)[O-].[CH3][Al+][CH3]. The maximum atomic E-state index is 9.26. The van der Waals surface area contributed by atoms with E-state index in [2.05, 4.69) is 11.6 Å². The predicted octanol–water partition coefficient (Wildman–Crippen LogP) is -0.0669. The van der Waals surface area contributed by atoms with Gasteiger partial charge in [0.05, 0.1) is 0 Å². The monoisotopic (exact) mass is 130 g/mol. The van der Waals surface area contributed by atoms with Gasteiger partial charge in [0.25, 0.3) is 0 Å². The summed E-state index contributed by atoms with van der Waals surface area (Å²) in [6, 6.07) is 0. The van der Waals surface area contributed by atoms with Crippen LogP contribution in [0.15, 0.2) is 0 Å². The van der Waals surface area contributed by atoms with E-state index in [1.165, 1.54) is 6.92 Å². The number of carboxylic acids is 1. The summed E-state index contributed by atoms with van der Waals surface area (Å²) in [5.74, 6) is 3.42. The molecule has 0 aliphatic carbocycles. The van der Waals surface area contributed by atoms with Crippen LogP contribution in [0.2, 0.25) is 11.6 Å². The van der Waals surface area contributed by atoms with Gasteiger partial charge in [0.2, 0.25) is 0 Å². The number of carboxylic acid groups (broad SMARTS) is 1. The Morgan fingerprint density at radius 1 is 1.62 bits per heavy atom. The van der Waals surface area contributed by atoms with E-state index in [4.69, 9.17) is 0 Å². The Hall–Kier alpha value is 0.00247. The molecule has 0 aliphatic rings. The Labute approximate surface area is 56.6 Å². The normalized spacial score (nSPS) is 5.88. The van der Waals surface area contributed by atoms with E-state index < -0.39 is 5.97 Å². The first kappa shape index (κ1) is 10.9. The average molecular weight is 130 g/mol. The van der Waals surface area contributed by atoms with Gasteiger partial charge < -0.3 is 9.90 Å². The van der Waals surface area contributed by atoms with Gasteiger partial charge in [-0.25, -0.2) is 0 Å². The number of carbonyl (C=O) groups is 1. The molecule has 0 saturated heterocycles. The molecule has 3 heteroatoms. The van der Waals surface area contributed by atoms with Gasteiger partial charge in [-0.3, -0.25) is 0 Å². The van der Waals surface area contributed by atoms with Crippen molar-refractivity contribution < 1.29 is 9.90 Å². The molecule has 0 rings (SSSR count). The summed E-state index contributed by atoms with van der Waals surface area (Å²) in [6.07, 6.45) is 0.111. The minimum atomic E-state index is -0.995. The van der Waals surface area contributed by atoms with Gasteiger partial charge >= 0.3 is 26.8 Å². The van der Waals surface area contributed by atoms with Crippen molar-refractivity contribution in [1.82, 2.24) is 0 Å². The molecule has 0 radical (unpaired) electrons. The Morgan fingerprint density at radius 3 is 1.75 bits per heavy atom. The van der Waals surface area contributed by atoms with Gasteiger partial charge in [0.1, 0.15) is 0 Å². The second-order valence-corrected chi connectivity index (χ2v) is 2.46. The molecule has 0 saturated carbocycles. The topological polar surface area (TPSA) is 40.1 Å². The first-order valence-corrected chi connectivity index (χ1v) is 4.93. The number of hydrogen-bond acceptors (Lipinski definition) is 2. The molecule has 2 nitrogen and oxygen atoms in total. The van der Waals surface area contributed by atoms with Crippen molar-refractivity contribution in [2.45, 2.75) is 24.9 Å². The van der Waals surface area contributed by atoms with E-state index >= 15 is 0 Å². The maximum absolute atomic E-state index is 9.26. The zero-order valence-electron chi connectivity index (χ0n) is 5.60. The summed E-state index contributed by atoms with van der Waals surface area (Å²) in [5, 5.41) is 9.26. The van der Waals surface area contributed by atoms with Crippen molar-refractivity contribution in [2.24, 2.45) is 0 Å². The molecule has 46 valence electrons. The fourth-order valence-electron chi connectivity index (χ4n) is 0. The quantitative estimate of drug-likeness (QED) is 0.466. The number of rotatable bonds is 1. The molecule has 0 spiro atoms. The fourth-order valence-corrected chi connectivity index (χ4v) is 0. The molecule has 0 heterocycles. The van der Waals surface area contributed by atoms with Crippen molar-refractivity contribution >= 4 is 21.2 Å². The van der Waals surface area contributed by atoms with Crippen molar-refractivity contribution in [2.75, 3.05) is 0 Å². The van der Waals surface area contributed by atoms with Gasteiger partial charge in [0, 0.05) is 5.97 Å². The second kappa shape index (κ2) is 10.1. The first-order chi connectivity index (χ1) is 3.68. The number of hydrogen-bond donors (Lipinski definition) is 0. The summed E-state index contributed by atoms with van der Waals surface area (Å²) in [4.78, 5) is 9.26. The van der Waals surface area contributed by atoms with Crippen LogP contribution in [-0.2, 0) is 4.79 Å². The Kier molecular flexibility index (Phi) is 13.7. The Bertz CT molecular complexity index is 54.4. The second-order valence-electron chi connectivity index (χ2n) is 1.30. The molecule has 0 aliphatic heterocycles. The minimum absolute atomic E-state index is 0.111. The van der Waals surface area contributed by atoms with Crippen molar-refractivity contribution in [3.05, 3.63) is 0 Å².